The highest BCUT2D eigenvalue weighted by atomic mass is 35.5. The first kappa shape index (κ1) is 19.4. The van der Waals surface area contributed by atoms with Gasteiger partial charge < -0.3 is 9.47 Å². The maximum Gasteiger partial charge on any atom is 0.316 e. The van der Waals surface area contributed by atoms with Crippen LogP contribution < -0.4 is 9.47 Å². The second-order valence-corrected chi connectivity index (χ2v) is 7.81. The Morgan fingerprint density at radius 1 is 1.24 bits per heavy atom. The molecule has 0 bridgehead atoms. The number of esters is 1. The number of benzene rings is 2. The minimum absolute atomic E-state index is 0.0443. The van der Waals surface area contributed by atoms with Gasteiger partial charge in [0.2, 0.25) is 5.78 Å². The molecule has 2 aromatic carbocycles. The average Bonchev–Trinajstić information content (AvgIpc) is 3.29. The molecule has 146 valence electrons. The van der Waals surface area contributed by atoms with Crippen LogP contribution in [0.4, 0.5) is 4.39 Å². The Hall–Kier alpha value is -2.96. The first-order chi connectivity index (χ1) is 13.9. The van der Waals surface area contributed by atoms with E-state index in [1.54, 1.807) is 13.0 Å². The minimum atomic E-state index is -0.558. The second-order valence-electron chi connectivity index (χ2n) is 6.37. The number of ether oxygens (including phenoxy) is 2. The predicted molar refractivity (Wildman–Crippen MR) is 109 cm³/mol. The van der Waals surface area contributed by atoms with Crippen molar-refractivity contribution in [2.75, 3.05) is 0 Å². The van der Waals surface area contributed by atoms with Crippen molar-refractivity contribution in [3.05, 3.63) is 86.0 Å². The molecule has 0 fully saturated rings. The summed E-state index contributed by atoms with van der Waals surface area (Å²) >= 11 is 7.50. The number of halogens is 2. The number of rotatable bonds is 4. The molecule has 0 aliphatic carbocycles. The monoisotopic (exact) mass is 428 g/mol. The predicted octanol–water partition coefficient (Wildman–Crippen LogP) is 5.61. The van der Waals surface area contributed by atoms with E-state index in [0.29, 0.717) is 16.9 Å². The van der Waals surface area contributed by atoms with Crippen LogP contribution in [0.1, 0.15) is 26.4 Å². The lowest BCUT2D eigenvalue weighted by atomic mass is 10.1. The van der Waals surface area contributed by atoms with E-state index in [0.717, 1.165) is 4.88 Å². The molecule has 29 heavy (non-hydrogen) atoms. The van der Waals surface area contributed by atoms with Crippen molar-refractivity contribution in [3.63, 3.8) is 0 Å². The Labute approximate surface area is 175 Å². The summed E-state index contributed by atoms with van der Waals surface area (Å²) < 4.78 is 25.2. The number of thiophene rings is 1. The smallest absolute Gasteiger partial charge is 0.316 e. The number of fused-ring (bicyclic) bond motifs is 1. The molecule has 0 spiro atoms. The first-order valence-corrected chi connectivity index (χ1v) is 9.94. The van der Waals surface area contributed by atoms with Gasteiger partial charge in [-0.1, -0.05) is 23.7 Å². The van der Waals surface area contributed by atoms with Crippen molar-refractivity contribution < 1.29 is 23.5 Å². The lowest BCUT2D eigenvalue weighted by molar-refractivity contribution is -0.133. The number of hydrogen-bond acceptors (Lipinski definition) is 5. The van der Waals surface area contributed by atoms with E-state index in [-0.39, 0.29) is 34.3 Å². The summed E-state index contributed by atoms with van der Waals surface area (Å²) in [5.74, 6) is -0.805. The van der Waals surface area contributed by atoms with Crippen molar-refractivity contribution in [1.82, 2.24) is 0 Å². The normalized spacial score (nSPS) is 14.0. The van der Waals surface area contributed by atoms with Gasteiger partial charge in [0.25, 0.3) is 0 Å². The number of Topliss-reactive ketones (excluding diaryl/α,β-unsaturated/α-hetero) is 1. The van der Waals surface area contributed by atoms with Gasteiger partial charge in [0.15, 0.2) is 5.76 Å². The fourth-order valence-corrected chi connectivity index (χ4v) is 3.88. The summed E-state index contributed by atoms with van der Waals surface area (Å²) in [6.45, 7) is 1.69. The Balaban J connectivity index is 1.60. The zero-order valence-electron chi connectivity index (χ0n) is 15.2. The van der Waals surface area contributed by atoms with Crippen LogP contribution >= 0.6 is 22.9 Å². The summed E-state index contributed by atoms with van der Waals surface area (Å²) in [5.41, 5.74) is 0.906. The van der Waals surface area contributed by atoms with Crippen molar-refractivity contribution in [2.45, 2.75) is 13.3 Å². The maximum atomic E-state index is 14.0. The van der Waals surface area contributed by atoms with E-state index in [2.05, 4.69) is 0 Å². The van der Waals surface area contributed by atoms with Gasteiger partial charge in [-0.25, -0.2) is 4.39 Å². The number of hydrogen-bond donors (Lipinski definition) is 0. The van der Waals surface area contributed by atoms with Gasteiger partial charge in [-0.2, -0.15) is 0 Å². The van der Waals surface area contributed by atoms with Crippen LogP contribution in [0.3, 0.4) is 0 Å². The topological polar surface area (TPSA) is 52.6 Å². The highest BCUT2D eigenvalue weighted by Gasteiger charge is 2.31. The van der Waals surface area contributed by atoms with E-state index in [1.165, 1.54) is 41.7 Å². The Morgan fingerprint density at radius 2 is 2.07 bits per heavy atom. The van der Waals surface area contributed by atoms with Gasteiger partial charge in [-0.3, -0.25) is 9.59 Å². The van der Waals surface area contributed by atoms with Gasteiger partial charge >= 0.3 is 5.97 Å². The fraction of sp³-hybridized carbons (Fsp3) is 0.0909. The molecule has 0 amide bonds. The van der Waals surface area contributed by atoms with E-state index in [9.17, 15) is 14.0 Å². The summed E-state index contributed by atoms with van der Waals surface area (Å²) in [5, 5.41) is 2.06. The molecular weight excluding hydrogens is 415 g/mol. The molecule has 1 aliphatic rings. The van der Waals surface area contributed by atoms with Gasteiger partial charge in [-0.05, 0) is 48.7 Å². The lowest BCUT2D eigenvalue weighted by Gasteiger charge is -2.09. The maximum absolute atomic E-state index is 14.0. The summed E-state index contributed by atoms with van der Waals surface area (Å²) in [7, 11) is 0. The minimum Gasteiger partial charge on any atom is -0.452 e. The Morgan fingerprint density at radius 3 is 2.79 bits per heavy atom. The molecule has 4 rings (SSSR count). The van der Waals surface area contributed by atoms with Crippen LogP contribution in [0.5, 0.6) is 11.5 Å². The van der Waals surface area contributed by atoms with E-state index >= 15 is 0 Å². The molecule has 2 heterocycles. The third kappa shape index (κ3) is 3.81. The molecule has 0 N–H and O–H groups in total. The zero-order chi connectivity index (χ0) is 20.5. The highest BCUT2D eigenvalue weighted by Crippen LogP contribution is 2.40. The van der Waals surface area contributed by atoms with Crippen molar-refractivity contribution in [1.29, 1.82) is 0 Å². The number of allylic oxidation sites excluding steroid dienone is 1. The van der Waals surface area contributed by atoms with E-state index in [1.807, 2.05) is 17.5 Å². The molecule has 7 heteroatoms. The SMILES string of the molecule is Cc1c(OC(=O)Cc2cccs2)ccc2c1O/C(=C\c1c(F)cccc1Cl)C2=O. The summed E-state index contributed by atoms with van der Waals surface area (Å²) in [6.07, 6.45) is 1.44. The van der Waals surface area contributed by atoms with Crippen LogP contribution in [0.25, 0.3) is 6.08 Å². The van der Waals surface area contributed by atoms with Crippen molar-refractivity contribution >= 4 is 40.8 Å². The molecular formula is C22H14ClFO4S. The molecule has 0 atom stereocenters. The van der Waals surface area contributed by atoms with Gasteiger partial charge in [0, 0.05) is 16.0 Å². The second kappa shape index (κ2) is 7.81. The summed E-state index contributed by atoms with van der Waals surface area (Å²) in [4.78, 5) is 25.7. The molecule has 0 radical (unpaired) electrons. The molecule has 0 unspecified atom stereocenters. The molecule has 1 aromatic heterocycles. The highest BCUT2D eigenvalue weighted by molar-refractivity contribution is 7.10. The van der Waals surface area contributed by atoms with Crippen LogP contribution in [-0.2, 0) is 11.2 Å². The lowest BCUT2D eigenvalue weighted by Crippen LogP contribution is -2.11. The number of carbonyl (C=O) groups excluding carboxylic acids is 2. The zero-order valence-corrected chi connectivity index (χ0v) is 16.8. The van der Waals surface area contributed by atoms with E-state index in [4.69, 9.17) is 21.1 Å². The molecule has 4 nitrogen and oxygen atoms in total. The molecule has 3 aromatic rings. The van der Waals surface area contributed by atoms with Crippen LogP contribution in [0.15, 0.2) is 53.6 Å². The van der Waals surface area contributed by atoms with Crippen LogP contribution in [0, 0.1) is 12.7 Å². The number of ketones is 1. The molecule has 0 saturated carbocycles. The largest absolute Gasteiger partial charge is 0.452 e. The van der Waals surface area contributed by atoms with Gasteiger partial charge in [-0.15, -0.1) is 11.3 Å². The first-order valence-electron chi connectivity index (χ1n) is 8.69. The molecule has 1 aliphatic heterocycles. The Bertz CT molecular complexity index is 1130. The van der Waals surface area contributed by atoms with Crippen molar-refractivity contribution in [3.8, 4) is 11.5 Å². The summed E-state index contributed by atoms with van der Waals surface area (Å²) in [6, 6.07) is 11.1. The third-order valence-electron chi connectivity index (χ3n) is 4.43. The third-order valence-corrected chi connectivity index (χ3v) is 5.64. The quantitative estimate of drug-likeness (QED) is 0.308. The Kier molecular flexibility index (Phi) is 5.22. The van der Waals surface area contributed by atoms with Gasteiger partial charge in [0.1, 0.15) is 17.3 Å². The van der Waals surface area contributed by atoms with Crippen LogP contribution in [0.2, 0.25) is 5.02 Å². The molecule has 0 saturated heterocycles. The van der Waals surface area contributed by atoms with Crippen molar-refractivity contribution in [2.24, 2.45) is 0 Å². The van der Waals surface area contributed by atoms with Gasteiger partial charge in [0.05, 0.1) is 17.0 Å². The standard InChI is InChI=1S/C22H14ClFO4S/c1-12-18(27-20(25)10-13-4-3-9-29-13)8-7-14-21(26)19(28-22(12)14)11-15-16(23)5-2-6-17(15)24/h2-9,11H,10H2,1H3/b19-11-. The van der Waals surface area contributed by atoms with Crippen LogP contribution in [-0.4, -0.2) is 11.8 Å². The van der Waals surface area contributed by atoms with E-state index < -0.39 is 11.8 Å². The number of carbonyl (C=O) groups is 2. The fourth-order valence-electron chi connectivity index (χ4n) is 2.97. The average molecular weight is 429 g/mol.